The molecule has 1 N–H and O–H groups in total. The molecule has 1 unspecified atom stereocenters. The maximum atomic E-state index is 9.99. The lowest BCUT2D eigenvalue weighted by molar-refractivity contribution is 0.177. The van der Waals surface area contributed by atoms with Crippen LogP contribution in [0.3, 0.4) is 0 Å². The van der Waals surface area contributed by atoms with E-state index in [1.807, 2.05) is 23.1 Å². The first-order valence-corrected chi connectivity index (χ1v) is 7.09. The topological polar surface area (TPSA) is 33.1 Å². The summed E-state index contributed by atoms with van der Waals surface area (Å²) in [5.74, 6) is 0. The van der Waals surface area contributed by atoms with Crippen LogP contribution in [0.4, 0.5) is 0 Å². The van der Waals surface area contributed by atoms with E-state index in [9.17, 15) is 5.11 Å². The van der Waals surface area contributed by atoms with Gasteiger partial charge >= 0.3 is 0 Å². The van der Waals surface area contributed by atoms with Crippen molar-refractivity contribution in [1.82, 2.24) is 4.98 Å². The zero-order valence-corrected chi connectivity index (χ0v) is 11.3. The van der Waals surface area contributed by atoms with Gasteiger partial charge in [-0.15, -0.1) is 11.3 Å². The highest BCUT2D eigenvalue weighted by atomic mass is 79.9. The first kappa shape index (κ1) is 11.3. The van der Waals surface area contributed by atoms with Crippen molar-refractivity contribution in [3.8, 4) is 0 Å². The maximum Gasteiger partial charge on any atom is 0.0897 e. The lowest BCUT2D eigenvalue weighted by Gasteiger charge is -2.07. The van der Waals surface area contributed by atoms with E-state index in [-0.39, 0.29) is 0 Å². The Balaban J connectivity index is 2.10. The van der Waals surface area contributed by atoms with Crippen LogP contribution in [-0.4, -0.2) is 10.1 Å². The van der Waals surface area contributed by atoms with Gasteiger partial charge in [0.2, 0.25) is 0 Å². The molecule has 0 spiro atoms. The average molecular weight is 304 g/mol. The Morgan fingerprint density at radius 2 is 2.27 bits per heavy atom. The summed E-state index contributed by atoms with van der Waals surface area (Å²) in [7, 11) is 0. The Morgan fingerprint density at radius 3 is 2.80 bits per heavy atom. The fraction of sp³-hybridized carbons (Fsp3) is 0.300. The molecule has 0 amide bonds. The first-order chi connectivity index (χ1) is 7.16. The van der Waals surface area contributed by atoms with Crippen LogP contribution < -0.4 is 0 Å². The van der Waals surface area contributed by atoms with Crippen molar-refractivity contribution in [3.63, 3.8) is 0 Å². The smallest absolute Gasteiger partial charge is 0.0897 e. The molecule has 0 radical (unpaired) electrons. The van der Waals surface area contributed by atoms with Gasteiger partial charge in [-0.25, -0.2) is 4.98 Å². The summed E-state index contributed by atoms with van der Waals surface area (Å²) in [5.41, 5.74) is 1.91. The highest BCUT2D eigenvalue weighted by Crippen LogP contribution is 2.29. The van der Waals surface area contributed by atoms with Crippen LogP contribution >= 0.6 is 38.6 Å². The molecule has 2 aromatic rings. The van der Waals surface area contributed by atoms with E-state index in [1.54, 1.807) is 22.7 Å². The monoisotopic (exact) mass is 303 g/mol. The Bertz CT molecular complexity index is 452. The Hall–Kier alpha value is -0.230. The fourth-order valence-electron chi connectivity index (χ4n) is 1.34. The summed E-state index contributed by atoms with van der Waals surface area (Å²) in [4.78, 5) is 4.34. The molecule has 0 aliphatic heterocycles. The predicted octanol–water partition coefficient (Wildman–Crippen LogP) is 3.55. The number of nitrogens with zero attached hydrogens (tertiary/aromatic N) is 1. The second kappa shape index (κ2) is 4.74. The van der Waals surface area contributed by atoms with Gasteiger partial charge < -0.3 is 5.11 Å². The van der Waals surface area contributed by atoms with Gasteiger partial charge in [0, 0.05) is 27.2 Å². The van der Waals surface area contributed by atoms with Crippen LogP contribution in [0.15, 0.2) is 20.6 Å². The van der Waals surface area contributed by atoms with E-state index in [4.69, 9.17) is 0 Å². The number of rotatable bonds is 3. The molecule has 0 saturated heterocycles. The number of aliphatic hydroxyl groups is 1. The maximum absolute atomic E-state index is 9.99. The zero-order valence-electron chi connectivity index (χ0n) is 8.11. The minimum absolute atomic E-state index is 0.466. The summed E-state index contributed by atoms with van der Waals surface area (Å²) < 4.78 is 0.979. The number of hydrogen-bond acceptors (Lipinski definition) is 4. The second-order valence-corrected chi connectivity index (χ2v) is 5.91. The molecule has 0 aliphatic rings. The number of halogens is 1. The van der Waals surface area contributed by atoms with Gasteiger partial charge in [-0.1, -0.05) is 0 Å². The van der Waals surface area contributed by atoms with Gasteiger partial charge in [-0.2, -0.15) is 11.3 Å². The van der Waals surface area contributed by atoms with Crippen molar-refractivity contribution in [2.75, 3.05) is 0 Å². The SMILES string of the molecule is Cc1nc(CC(O)c2cscc2Br)cs1. The summed E-state index contributed by atoms with van der Waals surface area (Å²) in [6.07, 6.45) is 0.117. The standard InChI is InChI=1S/C10H10BrNOS2/c1-6-12-7(3-15-6)2-10(13)8-4-14-5-9(8)11/h3-5,10,13H,2H2,1H3. The molecule has 0 aliphatic carbocycles. The summed E-state index contributed by atoms with van der Waals surface area (Å²) in [5, 5.41) is 17.0. The summed E-state index contributed by atoms with van der Waals surface area (Å²) in [6, 6.07) is 0. The number of aliphatic hydroxyl groups excluding tert-OH is 1. The van der Waals surface area contributed by atoms with Crippen LogP contribution in [0.25, 0.3) is 0 Å². The summed E-state index contributed by atoms with van der Waals surface area (Å²) >= 11 is 6.62. The van der Waals surface area contributed by atoms with Crippen molar-refractivity contribution >= 4 is 38.6 Å². The van der Waals surface area contributed by atoms with Crippen LogP contribution in [0, 0.1) is 6.92 Å². The van der Waals surface area contributed by atoms with Crippen LogP contribution in [0.1, 0.15) is 22.4 Å². The molecular weight excluding hydrogens is 294 g/mol. The van der Waals surface area contributed by atoms with Crippen molar-refractivity contribution in [1.29, 1.82) is 0 Å². The normalized spacial score (nSPS) is 13.0. The van der Waals surface area contributed by atoms with E-state index < -0.39 is 6.10 Å². The molecule has 1 atom stereocenters. The molecule has 0 saturated carbocycles. The van der Waals surface area contributed by atoms with Gasteiger partial charge in [-0.05, 0) is 28.2 Å². The van der Waals surface area contributed by atoms with Crippen molar-refractivity contribution in [2.24, 2.45) is 0 Å². The molecule has 0 bridgehead atoms. The van der Waals surface area contributed by atoms with Crippen molar-refractivity contribution in [3.05, 3.63) is 36.9 Å². The Kier molecular flexibility index (Phi) is 3.56. The number of thiazole rings is 1. The number of aromatic nitrogens is 1. The Labute approximate surface area is 105 Å². The molecule has 2 nitrogen and oxygen atoms in total. The van der Waals surface area contributed by atoms with E-state index >= 15 is 0 Å². The van der Waals surface area contributed by atoms with Gasteiger partial charge in [-0.3, -0.25) is 0 Å². The lowest BCUT2D eigenvalue weighted by atomic mass is 10.1. The molecule has 80 valence electrons. The molecule has 15 heavy (non-hydrogen) atoms. The zero-order chi connectivity index (χ0) is 10.8. The number of thiophene rings is 1. The van der Waals surface area contributed by atoms with E-state index in [0.717, 1.165) is 20.7 Å². The Morgan fingerprint density at radius 1 is 1.47 bits per heavy atom. The highest BCUT2D eigenvalue weighted by molar-refractivity contribution is 9.10. The van der Waals surface area contributed by atoms with Crippen molar-refractivity contribution in [2.45, 2.75) is 19.4 Å². The predicted molar refractivity (Wildman–Crippen MR) is 67.5 cm³/mol. The van der Waals surface area contributed by atoms with E-state index in [1.165, 1.54) is 0 Å². The molecule has 2 aromatic heterocycles. The molecular formula is C10H10BrNOS2. The summed E-state index contributed by atoms with van der Waals surface area (Å²) in [6.45, 7) is 1.97. The minimum atomic E-state index is -0.466. The molecule has 2 rings (SSSR count). The number of aryl methyl sites for hydroxylation is 1. The van der Waals surface area contributed by atoms with Gasteiger partial charge in [0.15, 0.2) is 0 Å². The van der Waals surface area contributed by atoms with E-state index in [0.29, 0.717) is 6.42 Å². The average Bonchev–Trinajstić information content (AvgIpc) is 2.75. The quantitative estimate of drug-likeness (QED) is 0.940. The third kappa shape index (κ3) is 2.66. The highest BCUT2D eigenvalue weighted by Gasteiger charge is 2.14. The third-order valence-corrected chi connectivity index (χ3v) is 4.64. The van der Waals surface area contributed by atoms with Gasteiger partial charge in [0.1, 0.15) is 0 Å². The van der Waals surface area contributed by atoms with Crippen molar-refractivity contribution < 1.29 is 5.11 Å². The molecule has 2 heterocycles. The van der Waals surface area contributed by atoms with E-state index in [2.05, 4.69) is 20.9 Å². The minimum Gasteiger partial charge on any atom is -0.388 e. The molecule has 0 aromatic carbocycles. The molecule has 0 fully saturated rings. The van der Waals surface area contributed by atoms with Gasteiger partial charge in [0.05, 0.1) is 16.8 Å². The fourth-order valence-corrected chi connectivity index (χ4v) is 3.57. The van der Waals surface area contributed by atoms with Crippen LogP contribution in [-0.2, 0) is 6.42 Å². The second-order valence-electron chi connectivity index (χ2n) is 3.25. The van der Waals surface area contributed by atoms with Crippen LogP contribution in [0.2, 0.25) is 0 Å². The van der Waals surface area contributed by atoms with Crippen LogP contribution in [0.5, 0.6) is 0 Å². The largest absolute Gasteiger partial charge is 0.388 e. The molecule has 5 heteroatoms. The first-order valence-electron chi connectivity index (χ1n) is 4.47. The van der Waals surface area contributed by atoms with Gasteiger partial charge in [0.25, 0.3) is 0 Å². The lowest BCUT2D eigenvalue weighted by Crippen LogP contribution is -2.01. The third-order valence-electron chi connectivity index (χ3n) is 2.07. The number of hydrogen-bond donors (Lipinski definition) is 1.